The van der Waals surface area contributed by atoms with Crippen molar-refractivity contribution in [1.29, 1.82) is 0 Å². The van der Waals surface area contributed by atoms with Crippen molar-refractivity contribution in [3.05, 3.63) is 39.9 Å². The van der Waals surface area contributed by atoms with Crippen LogP contribution in [-0.4, -0.2) is 27.9 Å². The first kappa shape index (κ1) is 16.9. The molecule has 1 aromatic rings. The first-order valence-electron chi connectivity index (χ1n) is 7.72. The van der Waals surface area contributed by atoms with Gasteiger partial charge in [-0.3, -0.25) is 14.9 Å². The molecule has 7 nitrogen and oxygen atoms in total. The van der Waals surface area contributed by atoms with Crippen LogP contribution >= 0.6 is 0 Å². The zero-order valence-electron chi connectivity index (χ0n) is 12.7. The van der Waals surface area contributed by atoms with Gasteiger partial charge in [0.05, 0.1) is 4.92 Å². The Kier molecular flexibility index (Phi) is 5.67. The highest BCUT2D eigenvalue weighted by atomic mass is 16.6. The van der Waals surface area contributed by atoms with Gasteiger partial charge in [0.2, 0.25) is 5.91 Å². The molecule has 0 bridgehead atoms. The number of carboxylic acid groups (broad SMARTS) is 1. The van der Waals surface area contributed by atoms with E-state index < -0.39 is 16.9 Å². The standard InChI is InChI=1S/C16H20N2O5/c19-15(9-11-5-1-2-6-11)17-13(16(20)21)10-12-7-3-4-8-14(12)18(22)23/h3-4,7-8,11,13H,1-2,5-6,9-10H2,(H,17,19)(H,20,21)/t13-/m0/s1. The fourth-order valence-electron chi connectivity index (χ4n) is 3.01. The maximum atomic E-state index is 12.0. The van der Waals surface area contributed by atoms with Crippen LogP contribution in [0.4, 0.5) is 5.69 Å². The molecule has 23 heavy (non-hydrogen) atoms. The molecule has 1 amide bonds. The third-order valence-corrected chi connectivity index (χ3v) is 4.19. The van der Waals surface area contributed by atoms with Gasteiger partial charge >= 0.3 is 5.97 Å². The van der Waals surface area contributed by atoms with Crippen LogP contribution in [0.15, 0.2) is 24.3 Å². The van der Waals surface area contributed by atoms with E-state index in [1.807, 2.05) is 0 Å². The molecule has 7 heteroatoms. The Bertz CT molecular complexity index is 596. The van der Waals surface area contributed by atoms with Crippen molar-refractivity contribution in [2.75, 3.05) is 0 Å². The van der Waals surface area contributed by atoms with Crippen LogP contribution < -0.4 is 5.32 Å². The maximum absolute atomic E-state index is 12.0. The number of amides is 1. The highest BCUT2D eigenvalue weighted by molar-refractivity contribution is 5.84. The normalized spacial score (nSPS) is 16.0. The number of hydrogen-bond acceptors (Lipinski definition) is 4. The summed E-state index contributed by atoms with van der Waals surface area (Å²) in [6.07, 6.45) is 4.42. The van der Waals surface area contributed by atoms with Gasteiger partial charge < -0.3 is 10.4 Å². The lowest BCUT2D eigenvalue weighted by Gasteiger charge is -2.16. The number of carboxylic acids is 1. The summed E-state index contributed by atoms with van der Waals surface area (Å²) in [5.74, 6) is -1.18. The first-order chi connectivity index (χ1) is 11.0. The number of nitro groups is 1. The number of rotatable bonds is 7. The van der Waals surface area contributed by atoms with E-state index in [0.29, 0.717) is 17.9 Å². The van der Waals surface area contributed by atoms with Gasteiger partial charge in [-0.2, -0.15) is 0 Å². The van der Waals surface area contributed by atoms with Gasteiger partial charge in [-0.05, 0) is 18.8 Å². The Labute approximate surface area is 133 Å². The number of nitro benzene ring substituents is 1. The van der Waals surface area contributed by atoms with Gasteiger partial charge in [0.25, 0.3) is 5.69 Å². The molecule has 1 aromatic carbocycles. The molecular weight excluding hydrogens is 300 g/mol. The highest BCUT2D eigenvalue weighted by Crippen LogP contribution is 2.27. The fourth-order valence-corrected chi connectivity index (χ4v) is 3.01. The van der Waals surface area contributed by atoms with Crippen LogP contribution in [-0.2, 0) is 16.0 Å². The zero-order chi connectivity index (χ0) is 16.8. The monoisotopic (exact) mass is 320 g/mol. The molecular formula is C16H20N2O5. The number of carbonyl (C=O) groups excluding carboxylic acids is 1. The molecule has 1 atom stereocenters. The molecule has 1 aliphatic carbocycles. The second kappa shape index (κ2) is 7.71. The lowest BCUT2D eigenvalue weighted by molar-refractivity contribution is -0.385. The van der Waals surface area contributed by atoms with Crippen molar-refractivity contribution in [3.63, 3.8) is 0 Å². The fraction of sp³-hybridized carbons (Fsp3) is 0.500. The van der Waals surface area contributed by atoms with Crippen molar-refractivity contribution in [2.24, 2.45) is 5.92 Å². The van der Waals surface area contributed by atoms with E-state index in [1.54, 1.807) is 6.07 Å². The summed E-state index contributed by atoms with van der Waals surface area (Å²) in [6, 6.07) is 4.81. The molecule has 0 spiro atoms. The number of para-hydroxylation sites is 1. The van der Waals surface area contributed by atoms with Crippen LogP contribution in [0.5, 0.6) is 0 Å². The van der Waals surface area contributed by atoms with Crippen molar-refractivity contribution < 1.29 is 19.6 Å². The van der Waals surface area contributed by atoms with Crippen molar-refractivity contribution >= 4 is 17.6 Å². The predicted molar refractivity (Wildman–Crippen MR) is 82.9 cm³/mol. The molecule has 0 unspecified atom stereocenters. The molecule has 2 N–H and O–H groups in total. The minimum absolute atomic E-state index is 0.108. The van der Waals surface area contributed by atoms with Crippen molar-refractivity contribution in [2.45, 2.75) is 44.6 Å². The van der Waals surface area contributed by atoms with Gasteiger partial charge in [-0.25, -0.2) is 4.79 Å². The van der Waals surface area contributed by atoms with Gasteiger partial charge in [-0.1, -0.05) is 31.0 Å². The van der Waals surface area contributed by atoms with Crippen LogP contribution in [0.1, 0.15) is 37.7 Å². The number of nitrogens with one attached hydrogen (secondary N) is 1. The summed E-state index contributed by atoms with van der Waals surface area (Å²) in [7, 11) is 0. The largest absolute Gasteiger partial charge is 0.480 e. The Balaban J connectivity index is 2.02. The second-order valence-electron chi connectivity index (χ2n) is 5.90. The molecule has 0 aromatic heterocycles. The van der Waals surface area contributed by atoms with Gasteiger partial charge in [0, 0.05) is 24.5 Å². The first-order valence-corrected chi connectivity index (χ1v) is 7.72. The van der Waals surface area contributed by atoms with E-state index >= 15 is 0 Å². The summed E-state index contributed by atoms with van der Waals surface area (Å²) in [6.45, 7) is 0. The zero-order valence-corrected chi connectivity index (χ0v) is 12.7. The molecule has 0 radical (unpaired) electrons. The average Bonchev–Trinajstić information content (AvgIpc) is 2.99. The topological polar surface area (TPSA) is 110 Å². The van der Waals surface area contributed by atoms with Crippen LogP contribution in [0.2, 0.25) is 0 Å². The third kappa shape index (κ3) is 4.77. The molecule has 1 aliphatic rings. The second-order valence-corrected chi connectivity index (χ2v) is 5.90. The highest BCUT2D eigenvalue weighted by Gasteiger charge is 2.26. The molecule has 0 saturated heterocycles. The molecule has 1 fully saturated rings. The Morgan fingerprint density at radius 1 is 1.30 bits per heavy atom. The summed E-state index contributed by atoms with van der Waals surface area (Å²) in [5.41, 5.74) is 0.162. The van der Waals surface area contributed by atoms with E-state index in [9.17, 15) is 24.8 Å². The number of aliphatic carboxylic acids is 1. The summed E-state index contributed by atoms with van der Waals surface area (Å²) >= 11 is 0. The number of benzene rings is 1. The molecule has 124 valence electrons. The number of nitrogens with zero attached hydrogens (tertiary/aromatic N) is 1. The molecule has 0 heterocycles. The SMILES string of the molecule is O=C(CC1CCCC1)N[C@@H](Cc1ccccc1[N+](=O)[O-])C(=O)O. The molecule has 1 saturated carbocycles. The van der Waals surface area contributed by atoms with E-state index in [-0.39, 0.29) is 18.0 Å². The minimum atomic E-state index is -1.19. The quantitative estimate of drug-likeness (QED) is 0.591. The Morgan fingerprint density at radius 2 is 1.96 bits per heavy atom. The van der Waals surface area contributed by atoms with Crippen LogP contribution in [0.25, 0.3) is 0 Å². The summed E-state index contributed by atoms with van der Waals surface area (Å²) < 4.78 is 0. The summed E-state index contributed by atoms with van der Waals surface area (Å²) in [5, 5.41) is 22.8. The van der Waals surface area contributed by atoms with Crippen LogP contribution in [0.3, 0.4) is 0 Å². The smallest absolute Gasteiger partial charge is 0.326 e. The van der Waals surface area contributed by atoms with E-state index in [4.69, 9.17) is 0 Å². The summed E-state index contributed by atoms with van der Waals surface area (Å²) in [4.78, 5) is 33.8. The predicted octanol–water partition coefficient (Wildman–Crippen LogP) is 2.29. The van der Waals surface area contributed by atoms with Crippen LogP contribution in [0, 0.1) is 16.0 Å². The van der Waals surface area contributed by atoms with Gasteiger partial charge in [-0.15, -0.1) is 0 Å². The Morgan fingerprint density at radius 3 is 2.57 bits per heavy atom. The lowest BCUT2D eigenvalue weighted by Crippen LogP contribution is -2.42. The van der Waals surface area contributed by atoms with E-state index in [0.717, 1.165) is 25.7 Å². The minimum Gasteiger partial charge on any atom is -0.480 e. The average molecular weight is 320 g/mol. The van der Waals surface area contributed by atoms with Crippen molar-refractivity contribution in [1.82, 2.24) is 5.32 Å². The molecule has 0 aliphatic heterocycles. The van der Waals surface area contributed by atoms with Gasteiger partial charge in [0.15, 0.2) is 0 Å². The molecule has 2 rings (SSSR count). The lowest BCUT2D eigenvalue weighted by atomic mass is 10.0. The number of carbonyl (C=O) groups is 2. The van der Waals surface area contributed by atoms with Crippen molar-refractivity contribution in [3.8, 4) is 0 Å². The third-order valence-electron chi connectivity index (χ3n) is 4.19. The van der Waals surface area contributed by atoms with E-state index in [1.165, 1.54) is 18.2 Å². The van der Waals surface area contributed by atoms with Gasteiger partial charge in [0.1, 0.15) is 6.04 Å². The Hall–Kier alpha value is -2.44. The van der Waals surface area contributed by atoms with E-state index in [2.05, 4.69) is 5.32 Å². The maximum Gasteiger partial charge on any atom is 0.326 e. The number of hydrogen-bond donors (Lipinski definition) is 2.